The highest BCUT2D eigenvalue weighted by Gasteiger charge is 2.28. The van der Waals surface area contributed by atoms with Crippen molar-refractivity contribution in [2.75, 3.05) is 31.1 Å². The van der Waals surface area contributed by atoms with Crippen LogP contribution in [0, 0.1) is 10.1 Å². The van der Waals surface area contributed by atoms with Crippen LogP contribution in [0.4, 0.5) is 20.3 Å². The lowest BCUT2D eigenvalue weighted by Crippen LogP contribution is -2.54. The van der Waals surface area contributed by atoms with Gasteiger partial charge in [-0.25, -0.2) is 13.8 Å². The fourth-order valence-electron chi connectivity index (χ4n) is 2.58. The van der Waals surface area contributed by atoms with E-state index in [9.17, 15) is 18.9 Å². The summed E-state index contributed by atoms with van der Waals surface area (Å²) in [6.45, 7) is 3.50. The zero-order valence-electron chi connectivity index (χ0n) is 11.8. The van der Waals surface area contributed by atoms with Crippen LogP contribution in [-0.2, 0) is 0 Å². The van der Waals surface area contributed by atoms with Gasteiger partial charge in [0, 0.05) is 31.7 Å². The van der Waals surface area contributed by atoms with Crippen molar-refractivity contribution < 1.29 is 13.7 Å². The first-order valence-corrected chi connectivity index (χ1v) is 6.88. The Morgan fingerprint density at radius 2 is 2.24 bits per heavy atom. The quantitative estimate of drug-likeness (QED) is 0.616. The van der Waals surface area contributed by atoms with Crippen molar-refractivity contribution in [2.45, 2.75) is 25.8 Å². The lowest BCUT2D eigenvalue weighted by atomic mass is 10.1. The number of pyridine rings is 1. The summed E-state index contributed by atoms with van der Waals surface area (Å²) in [5, 5.41) is 10.6. The van der Waals surface area contributed by atoms with Crippen molar-refractivity contribution in [1.82, 2.24) is 9.88 Å². The molecule has 0 spiro atoms. The lowest BCUT2D eigenvalue weighted by molar-refractivity contribution is -0.385. The van der Waals surface area contributed by atoms with Gasteiger partial charge in [-0.2, -0.15) is 0 Å². The molecule has 2 rings (SSSR count). The van der Waals surface area contributed by atoms with Crippen LogP contribution in [0.25, 0.3) is 0 Å². The third kappa shape index (κ3) is 3.84. The van der Waals surface area contributed by atoms with Crippen molar-refractivity contribution in [3.8, 4) is 0 Å². The smallest absolute Gasteiger partial charge is 0.287 e. The zero-order valence-corrected chi connectivity index (χ0v) is 11.8. The zero-order chi connectivity index (χ0) is 15.4. The summed E-state index contributed by atoms with van der Waals surface area (Å²) < 4.78 is 25.1. The predicted octanol–water partition coefficient (Wildman–Crippen LogP) is 2.16. The Labute approximate surface area is 121 Å². The summed E-state index contributed by atoms with van der Waals surface area (Å²) >= 11 is 0. The van der Waals surface area contributed by atoms with Gasteiger partial charge in [-0.05, 0) is 12.5 Å². The van der Waals surface area contributed by atoms with E-state index in [2.05, 4.69) is 4.98 Å². The molecule has 0 aliphatic carbocycles. The van der Waals surface area contributed by atoms with E-state index in [0.717, 1.165) is 6.42 Å². The highest BCUT2D eigenvalue weighted by Crippen LogP contribution is 2.21. The topological polar surface area (TPSA) is 62.5 Å². The SMILES string of the molecule is CCC1CN(c2ccc([N+](=O)[O-])cn2)CCN1CC(F)F. The molecule has 1 aromatic heterocycles. The Morgan fingerprint density at radius 1 is 1.48 bits per heavy atom. The van der Waals surface area contributed by atoms with Gasteiger partial charge in [-0.1, -0.05) is 6.92 Å². The standard InChI is InChI=1S/C13H18F2N4O2/c1-2-10-8-18(6-5-17(10)9-12(14)15)13-4-3-11(7-16-13)19(20)21/h3-4,7,10,12H,2,5-6,8-9H2,1H3. The molecule has 21 heavy (non-hydrogen) atoms. The van der Waals surface area contributed by atoms with Crippen LogP contribution in [0.1, 0.15) is 13.3 Å². The van der Waals surface area contributed by atoms with Gasteiger partial charge in [-0.15, -0.1) is 0 Å². The monoisotopic (exact) mass is 300 g/mol. The van der Waals surface area contributed by atoms with Crippen molar-refractivity contribution >= 4 is 11.5 Å². The fraction of sp³-hybridized carbons (Fsp3) is 0.615. The summed E-state index contributed by atoms with van der Waals surface area (Å²) in [5.41, 5.74) is -0.0536. The van der Waals surface area contributed by atoms with E-state index in [1.807, 2.05) is 11.8 Å². The van der Waals surface area contributed by atoms with Crippen LogP contribution < -0.4 is 4.90 Å². The number of halogens is 2. The van der Waals surface area contributed by atoms with Crippen LogP contribution in [0.15, 0.2) is 18.3 Å². The van der Waals surface area contributed by atoms with Gasteiger partial charge in [0.1, 0.15) is 12.0 Å². The van der Waals surface area contributed by atoms with E-state index >= 15 is 0 Å². The van der Waals surface area contributed by atoms with Crippen molar-refractivity contribution in [3.05, 3.63) is 28.4 Å². The van der Waals surface area contributed by atoms with Crippen LogP contribution in [0.2, 0.25) is 0 Å². The molecule has 0 amide bonds. The molecular weight excluding hydrogens is 282 g/mol. The van der Waals surface area contributed by atoms with Crippen LogP contribution in [0.5, 0.6) is 0 Å². The molecule has 0 saturated carbocycles. The molecule has 1 fully saturated rings. The Bertz CT molecular complexity index is 484. The van der Waals surface area contributed by atoms with Gasteiger partial charge >= 0.3 is 0 Å². The first-order chi connectivity index (χ1) is 10.0. The van der Waals surface area contributed by atoms with E-state index in [0.29, 0.717) is 25.5 Å². The van der Waals surface area contributed by atoms with E-state index in [4.69, 9.17) is 0 Å². The molecular formula is C13H18F2N4O2. The lowest BCUT2D eigenvalue weighted by Gasteiger charge is -2.41. The Kier molecular flexibility index (Phi) is 5.00. The molecule has 0 aromatic carbocycles. The summed E-state index contributed by atoms with van der Waals surface area (Å²) in [5.74, 6) is 0.649. The summed E-state index contributed by atoms with van der Waals surface area (Å²) in [7, 11) is 0. The van der Waals surface area contributed by atoms with Crippen molar-refractivity contribution in [3.63, 3.8) is 0 Å². The minimum atomic E-state index is -2.33. The second-order valence-corrected chi connectivity index (χ2v) is 5.03. The van der Waals surface area contributed by atoms with Gasteiger partial charge in [0.25, 0.3) is 12.1 Å². The number of anilines is 1. The molecule has 1 unspecified atom stereocenters. The molecule has 2 heterocycles. The second kappa shape index (κ2) is 6.75. The molecule has 0 radical (unpaired) electrons. The van der Waals surface area contributed by atoms with E-state index < -0.39 is 11.3 Å². The molecule has 1 aliphatic rings. The average molecular weight is 300 g/mol. The van der Waals surface area contributed by atoms with Crippen molar-refractivity contribution in [2.24, 2.45) is 0 Å². The molecule has 8 heteroatoms. The molecule has 0 N–H and O–H groups in total. The molecule has 1 saturated heterocycles. The van der Waals surface area contributed by atoms with Crippen LogP contribution in [0.3, 0.4) is 0 Å². The highest BCUT2D eigenvalue weighted by molar-refractivity contribution is 5.43. The molecule has 116 valence electrons. The Hall–Kier alpha value is -1.83. The maximum atomic E-state index is 12.5. The largest absolute Gasteiger partial charge is 0.354 e. The summed E-state index contributed by atoms with van der Waals surface area (Å²) in [4.78, 5) is 18.0. The van der Waals surface area contributed by atoms with Gasteiger partial charge in [0.2, 0.25) is 0 Å². The number of hydrogen-bond donors (Lipinski definition) is 0. The third-order valence-electron chi connectivity index (χ3n) is 3.72. The van der Waals surface area contributed by atoms with Crippen molar-refractivity contribution in [1.29, 1.82) is 0 Å². The number of aromatic nitrogens is 1. The molecule has 1 atom stereocenters. The minimum absolute atomic E-state index is 0.0461. The van der Waals surface area contributed by atoms with Gasteiger partial charge in [0.15, 0.2) is 0 Å². The van der Waals surface area contributed by atoms with Gasteiger partial charge < -0.3 is 4.90 Å². The molecule has 6 nitrogen and oxygen atoms in total. The number of nitrogens with zero attached hydrogens (tertiary/aromatic N) is 4. The highest BCUT2D eigenvalue weighted by atomic mass is 19.3. The summed E-state index contributed by atoms with van der Waals surface area (Å²) in [6.07, 6.45) is -0.332. The number of hydrogen-bond acceptors (Lipinski definition) is 5. The number of alkyl halides is 2. The Morgan fingerprint density at radius 3 is 2.76 bits per heavy atom. The normalized spacial score (nSPS) is 20.0. The summed E-state index contributed by atoms with van der Waals surface area (Å²) in [6, 6.07) is 3.06. The van der Waals surface area contributed by atoms with Gasteiger partial charge in [0.05, 0.1) is 11.5 Å². The van der Waals surface area contributed by atoms with E-state index in [1.54, 1.807) is 11.0 Å². The first-order valence-electron chi connectivity index (χ1n) is 6.88. The number of rotatable bonds is 5. The molecule has 0 bridgehead atoms. The van der Waals surface area contributed by atoms with Crippen LogP contribution >= 0.6 is 0 Å². The third-order valence-corrected chi connectivity index (χ3v) is 3.72. The van der Waals surface area contributed by atoms with Crippen LogP contribution in [-0.4, -0.2) is 53.5 Å². The maximum absolute atomic E-state index is 12.5. The molecule has 1 aromatic rings. The van der Waals surface area contributed by atoms with Gasteiger partial charge in [-0.3, -0.25) is 15.0 Å². The van der Waals surface area contributed by atoms with E-state index in [1.165, 1.54) is 12.3 Å². The average Bonchev–Trinajstić information content (AvgIpc) is 2.47. The predicted molar refractivity (Wildman–Crippen MR) is 74.8 cm³/mol. The van der Waals surface area contributed by atoms with E-state index in [-0.39, 0.29) is 18.3 Å². The maximum Gasteiger partial charge on any atom is 0.287 e. The second-order valence-electron chi connectivity index (χ2n) is 5.03. The number of piperazine rings is 1. The number of nitro groups is 1. The first kappa shape index (κ1) is 15.6. The minimum Gasteiger partial charge on any atom is -0.354 e. The fourth-order valence-corrected chi connectivity index (χ4v) is 2.58. The Balaban J connectivity index is 2.04. The molecule has 1 aliphatic heterocycles.